The van der Waals surface area contributed by atoms with Crippen molar-refractivity contribution in [2.75, 3.05) is 24.7 Å². The SMILES string of the molecule is CSc1nc2c(F)c(Br)c(Cl)cc2c(N[C@H]2CCN(C(=O)OC(C)(C)C)[C@H](CCO[Si](C)(C)C(C)(C)C)C2)c1C=O. The number of pyridine rings is 1. The Morgan fingerprint density at radius 2 is 1.98 bits per heavy atom. The maximum atomic E-state index is 15.2. The fraction of sp³-hybridized carbons (Fsp3) is 0.621. The second-order valence-corrected chi connectivity index (χ2v) is 19.8. The minimum absolute atomic E-state index is 0.0721. The van der Waals surface area contributed by atoms with E-state index in [4.69, 9.17) is 20.8 Å². The van der Waals surface area contributed by atoms with E-state index in [0.717, 1.165) is 6.29 Å². The number of carbonyl (C=O) groups excluding carboxylic acids is 2. The predicted octanol–water partition coefficient (Wildman–Crippen LogP) is 8.92. The van der Waals surface area contributed by atoms with Gasteiger partial charge >= 0.3 is 6.09 Å². The maximum absolute atomic E-state index is 15.2. The molecule has 0 radical (unpaired) electrons. The predicted molar refractivity (Wildman–Crippen MR) is 173 cm³/mol. The van der Waals surface area contributed by atoms with E-state index in [2.05, 4.69) is 60.1 Å². The number of amides is 1. The fourth-order valence-electron chi connectivity index (χ4n) is 4.61. The molecule has 1 amide bonds. The molecule has 7 nitrogen and oxygen atoms in total. The van der Waals surface area contributed by atoms with Gasteiger partial charge in [0.05, 0.1) is 20.7 Å². The number of piperidine rings is 1. The molecule has 1 aromatic heterocycles. The number of nitrogens with zero attached hydrogens (tertiary/aromatic N) is 2. The molecule has 0 bridgehead atoms. The molecule has 3 rings (SSSR count). The molecule has 1 aliphatic heterocycles. The number of aromatic nitrogens is 1. The van der Waals surface area contributed by atoms with Crippen molar-refractivity contribution >= 4 is 76.6 Å². The van der Waals surface area contributed by atoms with Crippen LogP contribution in [0.2, 0.25) is 23.2 Å². The highest BCUT2D eigenvalue weighted by atomic mass is 79.9. The van der Waals surface area contributed by atoms with Crippen LogP contribution in [0.1, 0.15) is 71.2 Å². The lowest BCUT2D eigenvalue weighted by atomic mass is 9.94. The standard InChI is InChI=1S/C29H42BrClFN3O4SSi/c1-28(2,3)39-27(37)35-12-10-17(14-18(35)11-13-38-41(8,9)29(4,5)6)33-24-19-15-21(31)22(30)23(32)25(19)34-26(40-7)20(24)16-36/h15-18H,10-14H2,1-9H3,(H,33,34)/t17-,18+/m0/s1. The van der Waals surface area contributed by atoms with Gasteiger partial charge in [0.2, 0.25) is 0 Å². The van der Waals surface area contributed by atoms with Crippen LogP contribution >= 0.6 is 39.3 Å². The molecule has 2 atom stereocenters. The number of aldehydes is 1. The highest BCUT2D eigenvalue weighted by Crippen LogP contribution is 2.40. The summed E-state index contributed by atoms with van der Waals surface area (Å²) in [5, 5.41) is 4.64. The second-order valence-electron chi connectivity index (χ2n) is 13.0. The number of fused-ring (bicyclic) bond motifs is 1. The molecule has 228 valence electrons. The lowest BCUT2D eigenvalue weighted by Gasteiger charge is -2.42. The third kappa shape index (κ3) is 7.96. The molecule has 0 spiro atoms. The van der Waals surface area contributed by atoms with Gasteiger partial charge in [0.15, 0.2) is 20.4 Å². The van der Waals surface area contributed by atoms with Crippen molar-refractivity contribution in [3.63, 3.8) is 0 Å². The molecule has 1 fully saturated rings. The number of carbonyl (C=O) groups is 2. The molecule has 2 heterocycles. The number of benzene rings is 1. The zero-order valence-corrected chi connectivity index (χ0v) is 29.6. The van der Waals surface area contributed by atoms with Gasteiger partial charge in [0.25, 0.3) is 0 Å². The molecule has 0 saturated carbocycles. The molecule has 1 aromatic carbocycles. The van der Waals surface area contributed by atoms with Gasteiger partial charge < -0.3 is 19.4 Å². The molecule has 12 heteroatoms. The number of halogens is 3. The Bertz CT molecular complexity index is 1300. The van der Waals surface area contributed by atoms with E-state index in [1.54, 1.807) is 17.2 Å². The molecule has 1 aliphatic rings. The summed E-state index contributed by atoms with van der Waals surface area (Å²) in [5.41, 5.74) is 0.365. The van der Waals surface area contributed by atoms with Gasteiger partial charge in [-0.05, 0) is 86.4 Å². The van der Waals surface area contributed by atoms with Gasteiger partial charge in [0.1, 0.15) is 16.1 Å². The number of likely N-dealkylation sites (tertiary alicyclic amines) is 1. The summed E-state index contributed by atoms with van der Waals surface area (Å²) < 4.78 is 27.6. The summed E-state index contributed by atoms with van der Waals surface area (Å²) in [6.45, 7) is 17.6. The Morgan fingerprint density at radius 1 is 1.32 bits per heavy atom. The van der Waals surface area contributed by atoms with Crippen molar-refractivity contribution in [1.29, 1.82) is 0 Å². The lowest BCUT2D eigenvalue weighted by Crippen LogP contribution is -2.51. The highest BCUT2D eigenvalue weighted by molar-refractivity contribution is 9.10. The van der Waals surface area contributed by atoms with Crippen molar-refractivity contribution < 1.29 is 23.1 Å². The van der Waals surface area contributed by atoms with Gasteiger partial charge in [-0.2, -0.15) is 0 Å². The van der Waals surface area contributed by atoms with Crippen LogP contribution in [0.4, 0.5) is 14.9 Å². The first-order valence-corrected chi connectivity index (χ1v) is 19.1. The molecule has 0 aliphatic carbocycles. The normalized spacial score (nSPS) is 18.5. The van der Waals surface area contributed by atoms with Gasteiger partial charge in [-0.25, -0.2) is 14.2 Å². The Kier molecular flexibility index (Phi) is 10.9. The van der Waals surface area contributed by atoms with Crippen LogP contribution in [0.3, 0.4) is 0 Å². The Hall–Kier alpha value is -1.40. The number of hydrogen-bond donors (Lipinski definition) is 1. The van der Waals surface area contributed by atoms with Crippen LogP contribution in [-0.4, -0.2) is 67.7 Å². The monoisotopic (exact) mass is 689 g/mol. The molecule has 2 aromatic rings. The minimum atomic E-state index is -1.97. The number of rotatable bonds is 8. The molecule has 1 saturated heterocycles. The van der Waals surface area contributed by atoms with Crippen LogP contribution in [0.15, 0.2) is 15.6 Å². The van der Waals surface area contributed by atoms with Gasteiger partial charge in [-0.15, -0.1) is 11.8 Å². The summed E-state index contributed by atoms with van der Waals surface area (Å²) in [6, 6.07) is 1.37. The van der Waals surface area contributed by atoms with E-state index in [1.165, 1.54) is 11.8 Å². The van der Waals surface area contributed by atoms with Crippen molar-refractivity contribution in [3.8, 4) is 0 Å². The Morgan fingerprint density at radius 3 is 2.54 bits per heavy atom. The van der Waals surface area contributed by atoms with Crippen molar-refractivity contribution in [3.05, 3.63) is 26.9 Å². The summed E-state index contributed by atoms with van der Waals surface area (Å²) in [6.07, 6.45) is 4.05. The van der Waals surface area contributed by atoms with E-state index in [9.17, 15) is 9.59 Å². The molecule has 0 unspecified atom stereocenters. The van der Waals surface area contributed by atoms with E-state index in [-0.39, 0.29) is 38.2 Å². The van der Waals surface area contributed by atoms with Crippen LogP contribution in [0.25, 0.3) is 10.9 Å². The second kappa shape index (κ2) is 13.1. The number of hydrogen-bond acceptors (Lipinski definition) is 7. The first-order chi connectivity index (χ1) is 18.9. The first-order valence-electron chi connectivity index (χ1n) is 13.8. The van der Waals surface area contributed by atoms with Gasteiger partial charge in [0, 0.05) is 30.6 Å². The quantitative estimate of drug-likeness (QED) is 0.128. The van der Waals surface area contributed by atoms with Crippen LogP contribution < -0.4 is 5.32 Å². The fourth-order valence-corrected chi connectivity index (χ4v) is 6.72. The van der Waals surface area contributed by atoms with Crippen LogP contribution in [0.5, 0.6) is 0 Å². The summed E-state index contributed by atoms with van der Waals surface area (Å²) in [7, 11) is -1.97. The maximum Gasteiger partial charge on any atom is 0.410 e. The molecule has 41 heavy (non-hydrogen) atoms. The summed E-state index contributed by atoms with van der Waals surface area (Å²) in [4.78, 5) is 31.7. The van der Waals surface area contributed by atoms with Crippen molar-refractivity contribution in [1.82, 2.24) is 9.88 Å². The Labute approximate surface area is 261 Å². The van der Waals surface area contributed by atoms with E-state index in [1.807, 2.05) is 20.8 Å². The topological polar surface area (TPSA) is 80.8 Å². The molecule has 1 N–H and O–H groups in total. The van der Waals surface area contributed by atoms with E-state index >= 15 is 4.39 Å². The number of thioether (sulfide) groups is 1. The van der Waals surface area contributed by atoms with Crippen molar-refractivity contribution in [2.45, 2.75) is 102 Å². The lowest BCUT2D eigenvalue weighted by molar-refractivity contribution is 0.00624. The third-order valence-corrected chi connectivity index (χ3v) is 14.4. The minimum Gasteiger partial charge on any atom is -0.444 e. The smallest absolute Gasteiger partial charge is 0.410 e. The molecular weight excluding hydrogens is 649 g/mol. The van der Waals surface area contributed by atoms with Crippen LogP contribution in [0, 0.1) is 5.82 Å². The van der Waals surface area contributed by atoms with Gasteiger partial charge in [-0.3, -0.25) is 4.79 Å². The largest absolute Gasteiger partial charge is 0.444 e. The average molecular weight is 691 g/mol. The van der Waals surface area contributed by atoms with E-state index < -0.39 is 19.7 Å². The zero-order valence-electron chi connectivity index (χ0n) is 25.4. The molecular formula is C29H42BrClFN3O4SSi. The zero-order chi connectivity index (χ0) is 30.9. The van der Waals surface area contributed by atoms with Crippen molar-refractivity contribution in [2.24, 2.45) is 0 Å². The van der Waals surface area contributed by atoms with E-state index in [0.29, 0.717) is 54.1 Å². The first kappa shape index (κ1) is 34.1. The summed E-state index contributed by atoms with van der Waals surface area (Å²) >= 11 is 10.8. The number of ether oxygens (including phenoxy) is 1. The third-order valence-electron chi connectivity index (χ3n) is 7.84. The number of anilines is 1. The number of nitrogens with one attached hydrogen (secondary N) is 1. The highest BCUT2D eigenvalue weighted by Gasteiger charge is 2.39. The van der Waals surface area contributed by atoms with Crippen LogP contribution in [-0.2, 0) is 9.16 Å². The summed E-state index contributed by atoms with van der Waals surface area (Å²) in [5.74, 6) is -0.580. The van der Waals surface area contributed by atoms with Gasteiger partial charge in [-0.1, -0.05) is 32.4 Å². The Balaban J connectivity index is 1.95. The average Bonchev–Trinajstić information content (AvgIpc) is 2.85.